The zero-order valence-corrected chi connectivity index (χ0v) is 21.1. The fraction of sp³-hybridized carbons (Fsp3) is 0.333. The van der Waals surface area contributed by atoms with E-state index in [9.17, 15) is 9.59 Å². The Hall–Kier alpha value is -3.80. The molecule has 0 unspecified atom stereocenters. The first kappa shape index (κ1) is 26.8. The Morgan fingerprint density at radius 3 is 1.39 bits per heavy atom. The Bertz CT molecular complexity index is 1150. The lowest BCUT2D eigenvalue weighted by molar-refractivity contribution is -0.139. The minimum atomic E-state index is -0.354. The van der Waals surface area contributed by atoms with E-state index >= 15 is 0 Å². The van der Waals surface area contributed by atoms with Gasteiger partial charge in [-0.15, -0.1) is 0 Å². The van der Waals surface area contributed by atoms with Crippen molar-refractivity contribution in [2.45, 2.75) is 39.5 Å². The molecule has 0 radical (unpaired) electrons. The summed E-state index contributed by atoms with van der Waals surface area (Å²) < 4.78 is 22.0. The lowest BCUT2D eigenvalue weighted by atomic mass is 10.0. The van der Waals surface area contributed by atoms with Gasteiger partial charge in [-0.2, -0.15) is 0 Å². The number of ether oxygens (including phenoxy) is 4. The van der Waals surface area contributed by atoms with Crippen LogP contribution in [-0.2, 0) is 19.1 Å². The number of unbranched alkanes of at least 4 members (excludes halogenated alkanes) is 2. The second kappa shape index (κ2) is 13.3. The summed E-state index contributed by atoms with van der Waals surface area (Å²) in [6.07, 6.45) is 3.05. The van der Waals surface area contributed by atoms with Crippen LogP contribution in [0.3, 0.4) is 0 Å². The molecule has 0 atom stereocenters. The first-order valence-corrected chi connectivity index (χ1v) is 12.2. The van der Waals surface area contributed by atoms with Gasteiger partial charge in [-0.05, 0) is 97.5 Å². The summed E-state index contributed by atoms with van der Waals surface area (Å²) in [4.78, 5) is 22.8. The van der Waals surface area contributed by atoms with Crippen LogP contribution in [0.25, 0.3) is 21.5 Å². The summed E-state index contributed by atoms with van der Waals surface area (Å²) in [5.41, 5.74) is 0.819. The molecule has 0 aliphatic rings. The highest BCUT2D eigenvalue weighted by atomic mass is 16.5. The summed E-state index contributed by atoms with van der Waals surface area (Å²) in [5, 5.41) is 4.46. The number of benzene rings is 3. The zero-order chi connectivity index (χ0) is 25.9. The summed E-state index contributed by atoms with van der Waals surface area (Å²) in [6, 6.07) is 16.4. The van der Waals surface area contributed by atoms with Crippen LogP contribution in [-0.4, -0.2) is 38.4 Å². The SMILES string of the molecule is C=C(C)C(=O)OCCCCOc1ccc2cc3ccc(OCCCCOC(=O)C(=C)C)cc3cc2c1. The van der Waals surface area contributed by atoms with Crippen LogP contribution in [0.5, 0.6) is 11.5 Å². The van der Waals surface area contributed by atoms with Gasteiger partial charge in [0.2, 0.25) is 0 Å². The molecule has 3 aromatic rings. The molecule has 0 N–H and O–H groups in total. The third kappa shape index (κ3) is 8.15. The molecule has 0 aliphatic heterocycles. The fourth-order valence-corrected chi connectivity index (χ4v) is 3.50. The molecule has 0 bridgehead atoms. The molecule has 0 amide bonds. The largest absolute Gasteiger partial charge is 0.494 e. The van der Waals surface area contributed by atoms with Crippen molar-refractivity contribution in [3.05, 3.63) is 72.8 Å². The van der Waals surface area contributed by atoms with Gasteiger partial charge in [0, 0.05) is 11.1 Å². The Morgan fingerprint density at radius 2 is 0.972 bits per heavy atom. The van der Waals surface area contributed by atoms with Crippen molar-refractivity contribution in [3.63, 3.8) is 0 Å². The van der Waals surface area contributed by atoms with Crippen molar-refractivity contribution < 1.29 is 28.5 Å². The smallest absolute Gasteiger partial charge is 0.333 e. The van der Waals surface area contributed by atoms with Crippen LogP contribution >= 0.6 is 0 Å². The van der Waals surface area contributed by atoms with Gasteiger partial charge in [0.1, 0.15) is 11.5 Å². The summed E-state index contributed by atoms with van der Waals surface area (Å²) in [5.74, 6) is 0.904. The number of esters is 2. The molecule has 0 saturated heterocycles. The first-order chi connectivity index (χ1) is 17.3. The summed E-state index contributed by atoms with van der Waals surface area (Å²) >= 11 is 0. The summed E-state index contributed by atoms with van der Waals surface area (Å²) in [6.45, 7) is 12.2. The van der Waals surface area contributed by atoms with E-state index in [-0.39, 0.29) is 11.9 Å². The molecule has 0 saturated carbocycles. The van der Waals surface area contributed by atoms with Crippen LogP contribution < -0.4 is 9.47 Å². The van der Waals surface area contributed by atoms with Gasteiger partial charge in [-0.25, -0.2) is 9.59 Å². The van der Waals surface area contributed by atoms with E-state index in [1.807, 2.05) is 24.3 Å². The van der Waals surface area contributed by atoms with E-state index in [0.29, 0.717) is 37.6 Å². The average Bonchev–Trinajstić information content (AvgIpc) is 2.86. The Morgan fingerprint density at radius 1 is 0.583 bits per heavy atom. The maximum absolute atomic E-state index is 11.4. The number of carbonyl (C=O) groups is 2. The lowest BCUT2D eigenvalue weighted by Gasteiger charge is -2.10. The third-order valence-corrected chi connectivity index (χ3v) is 5.52. The Kier molecular flexibility index (Phi) is 9.92. The van der Waals surface area contributed by atoms with Crippen LogP contribution in [0.2, 0.25) is 0 Å². The second-order valence-electron chi connectivity index (χ2n) is 8.81. The maximum atomic E-state index is 11.4. The van der Waals surface area contributed by atoms with Crippen molar-refractivity contribution in [2.24, 2.45) is 0 Å². The molecule has 6 nitrogen and oxygen atoms in total. The van der Waals surface area contributed by atoms with Crippen LogP contribution in [0.1, 0.15) is 39.5 Å². The number of fused-ring (bicyclic) bond motifs is 2. The Balaban J connectivity index is 1.49. The number of hydrogen-bond donors (Lipinski definition) is 0. The molecule has 190 valence electrons. The molecular weight excluding hydrogens is 456 g/mol. The third-order valence-electron chi connectivity index (χ3n) is 5.52. The number of carbonyl (C=O) groups excluding carboxylic acids is 2. The quantitative estimate of drug-likeness (QED) is 0.110. The first-order valence-electron chi connectivity index (χ1n) is 12.2. The van der Waals surface area contributed by atoms with Gasteiger partial charge >= 0.3 is 11.9 Å². The Labute approximate surface area is 212 Å². The standard InChI is InChI=1S/C30H34O6/c1-21(2)29(31)35-15-7-5-13-33-27-11-9-23-17-24-10-12-28(20-26(24)18-25(23)19-27)34-14-6-8-16-36-30(32)22(3)4/h9-12,17-20H,1,3,5-8,13-16H2,2,4H3. The second-order valence-corrected chi connectivity index (χ2v) is 8.81. The van der Waals surface area contributed by atoms with Gasteiger partial charge in [-0.1, -0.05) is 25.3 Å². The van der Waals surface area contributed by atoms with E-state index in [2.05, 4.69) is 37.4 Å². The predicted octanol–water partition coefficient (Wildman–Crippen LogP) is 6.55. The van der Waals surface area contributed by atoms with Gasteiger partial charge in [0.15, 0.2) is 0 Å². The molecular formula is C30H34O6. The molecule has 0 aromatic heterocycles. The number of hydrogen-bond acceptors (Lipinski definition) is 6. The monoisotopic (exact) mass is 490 g/mol. The van der Waals surface area contributed by atoms with Gasteiger partial charge in [0.25, 0.3) is 0 Å². The minimum absolute atomic E-state index is 0.354. The van der Waals surface area contributed by atoms with E-state index < -0.39 is 0 Å². The average molecular weight is 491 g/mol. The van der Waals surface area contributed by atoms with E-state index in [1.54, 1.807) is 13.8 Å². The lowest BCUT2D eigenvalue weighted by Crippen LogP contribution is -2.07. The van der Waals surface area contributed by atoms with Crippen molar-refractivity contribution in [3.8, 4) is 11.5 Å². The molecule has 36 heavy (non-hydrogen) atoms. The molecule has 6 heteroatoms. The van der Waals surface area contributed by atoms with Gasteiger partial charge in [0.05, 0.1) is 26.4 Å². The molecule has 0 heterocycles. The maximum Gasteiger partial charge on any atom is 0.333 e. The van der Waals surface area contributed by atoms with Gasteiger partial charge in [-0.3, -0.25) is 0 Å². The topological polar surface area (TPSA) is 71.1 Å². The zero-order valence-electron chi connectivity index (χ0n) is 21.1. The highest BCUT2D eigenvalue weighted by Crippen LogP contribution is 2.29. The summed E-state index contributed by atoms with van der Waals surface area (Å²) in [7, 11) is 0. The van der Waals surface area contributed by atoms with Crippen LogP contribution in [0.4, 0.5) is 0 Å². The van der Waals surface area contributed by atoms with E-state index in [4.69, 9.17) is 18.9 Å². The van der Waals surface area contributed by atoms with Crippen molar-refractivity contribution in [2.75, 3.05) is 26.4 Å². The van der Waals surface area contributed by atoms with Crippen molar-refractivity contribution >= 4 is 33.5 Å². The van der Waals surface area contributed by atoms with Crippen molar-refractivity contribution in [1.82, 2.24) is 0 Å². The fourth-order valence-electron chi connectivity index (χ4n) is 3.50. The molecule has 0 spiro atoms. The van der Waals surface area contributed by atoms with Crippen LogP contribution in [0, 0.1) is 0 Å². The van der Waals surface area contributed by atoms with Crippen molar-refractivity contribution in [1.29, 1.82) is 0 Å². The predicted molar refractivity (Wildman–Crippen MR) is 142 cm³/mol. The number of rotatable bonds is 14. The highest BCUT2D eigenvalue weighted by Gasteiger charge is 2.05. The molecule has 0 fully saturated rings. The van der Waals surface area contributed by atoms with E-state index in [1.165, 1.54) is 0 Å². The molecule has 3 rings (SSSR count). The molecule has 0 aliphatic carbocycles. The molecule has 3 aromatic carbocycles. The minimum Gasteiger partial charge on any atom is -0.494 e. The highest BCUT2D eigenvalue weighted by molar-refractivity contribution is 5.99. The normalized spacial score (nSPS) is 10.7. The van der Waals surface area contributed by atoms with E-state index in [0.717, 1.165) is 58.7 Å². The van der Waals surface area contributed by atoms with Crippen LogP contribution in [0.15, 0.2) is 72.8 Å². The van der Waals surface area contributed by atoms with Gasteiger partial charge < -0.3 is 18.9 Å².